The lowest BCUT2D eigenvalue weighted by Crippen LogP contribution is -2.45. The first-order valence-electron chi connectivity index (χ1n) is 5.18. The number of halogens is 1. The summed E-state index contributed by atoms with van der Waals surface area (Å²) >= 11 is 0. The quantitative estimate of drug-likeness (QED) is 0.738. The minimum atomic E-state index is -3.70. The highest BCUT2D eigenvalue weighted by molar-refractivity contribution is 8.13. The lowest BCUT2D eigenvalue weighted by molar-refractivity contribution is 0.107. The van der Waals surface area contributed by atoms with E-state index in [0.717, 1.165) is 5.69 Å². The van der Waals surface area contributed by atoms with Crippen molar-refractivity contribution in [2.24, 2.45) is 0 Å². The number of hydrogen-bond acceptors (Lipinski definition) is 4. The van der Waals surface area contributed by atoms with Crippen molar-refractivity contribution in [2.75, 3.05) is 18.5 Å². The van der Waals surface area contributed by atoms with Gasteiger partial charge in [0.05, 0.1) is 17.1 Å². The number of benzene rings is 1. The zero-order chi connectivity index (χ0) is 12.8. The molecule has 1 aliphatic rings. The zero-order valence-electron chi connectivity index (χ0n) is 9.90. The highest BCUT2D eigenvalue weighted by Crippen LogP contribution is 2.37. The maximum Gasteiger partial charge on any atom is 0.261 e. The molecule has 2 rings (SSSR count). The van der Waals surface area contributed by atoms with Gasteiger partial charge in [-0.25, -0.2) is 8.42 Å². The third-order valence-electron chi connectivity index (χ3n) is 2.63. The lowest BCUT2D eigenvalue weighted by atomic mass is 10.1. The highest BCUT2D eigenvalue weighted by Gasteiger charge is 2.30. The molecule has 0 radical (unpaired) electrons. The summed E-state index contributed by atoms with van der Waals surface area (Å²) in [5, 5.41) is 0. The SMILES string of the molecule is CN1CC(C)(C)Oc2ccc(S(=O)(=O)Cl)cc21. The van der Waals surface area contributed by atoms with Crippen molar-refractivity contribution in [1.29, 1.82) is 0 Å². The van der Waals surface area contributed by atoms with Crippen molar-refractivity contribution in [3.63, 3.8) is 0 Å². The minimum absolute atomic E-state index is 0.0908. The molecule has 94 valence electrons. The molecule has 0 amide bonds. The van der Waals surface area contributed by atoms with Crippen LogP contribution >= 0.6 is 10.7 Å². The van der Waals surface area contributed by atoms with E-state index in [1.54, 1.807) is 6.07 Å². The summed E-state index contributed by atoms with van der Waals surface area (Å²) in [6.45, 7) is 4.66. The molecule has 4 nitrogen and oxygen atoms in total. The van der Waals surface area contributed by atoms with E-state index in [-0.39, 0.29) is 10.5 Å². The molecule has 0 saturated heterocycles. The first kappa shape index (κ1) is 12.5. The van der Waals surface area contributed by atoms with Gasteiger partial charge in [-0.15, -0.1) is 0 Å². The largest absolute Gasteiger partial charge is 0.484 e. The van der Waals surface area contributed by atoms with Crippen LogP contribution in [0.2, 0.25) is 0 Å². The average Bonchev–Trinajstić information content (AvgIpc) is 2.13. The second-order valence-corrected chi connectivity index (χ2v) is 7.35. The number of likely N-dealkylation sites (N-methyl/N-ethyl adjacent to an activating group) is 1. The molecular weight excluding hydrogens is 262 g/mol. The van der Waals surface area contributed by atoms with Crippen molar-refractivity contribution in [2.45, 2.75) is 24.3 Å². The van der Waals surface area contributed by atoms with Crippen LogP contribution in [0.15, 0.2) is 23.1 Å². The van der Waals surface area contributed by atoms with Crippen molar-refractivity contribution >= 4 is 25.4 Å². The summed E-state index contributed by atoms with van der Waals surface area (Å²) < 4.78 is 28.3. The topological polar surface area (TPSA) is 46.6 Å². The second kappa shape index (κ2) is 3.78. The number of hydrogen-bond donors (Lipinski definition) is 0. The van der Waals surface area contributed by atoms with Crippen LogP contribution < -0.4 is 9.64 Å². The Labute approximate surface area is 106 Å². The first-order valence-corrected chi connectivity index (χ1v) is 7.49. The Morgan fingerprint density at radius 1 is 1.41 bits per heavy atom. The van der Waals surface area contributed by atoms with Crippen LogP contribution in [0.4, 0.5) is 5.69 Å². The van der Waals surface area contributed by atoms with Gasteiger partial charge in [-0.1, -0.05) is 0 Å². The number of fused-ring (bicyclic) bond motifs is 1. The molecule has 1 aliphatic heterocycles. The molecule has 0 N–H and O–H groups in total. The van der Waals surface area contributed by atoms with Crippen molar-refractivity contribution < 1.29 is 13.2 Å². The third-order valence-corrected chi connectivity index (χ3v) is 3.98. The van der Waals surface area contributed by atoms with E-state index < -0.39 is 9.05 Å². The molecule has 17 heavy (non-hydrogen) atoms. The van der Waals surface area contributed by atoms with Crippen LogP contribution in [0.1, 0.15) is 13.8 Å². The summed E-state index contributed by atoms with van der Waals surface area (Å²) in [5.74, 6) is 0.674. The molecule has 6 heteroatoms. The Balaban J connectivity index is 2.51. The summed E-state index contributed by atoms with van der Waals surface area (Å²) in [5.41, 5.74) is 0.453. The van der Waals surface area contributed by atoms with E-state index >= 15 is 0 Å². The van der Waals surface area contributed by atoms with Crippen LogP contribution in [0.25, 0.3) is 0 Å². The van der Waals surface area contributed by atoms with Gasteiger partial charge in [0.15, 0.2) is 0 Å². The van der Waals surface area contributed by atoms with Crippen LogP contribution in [0.5, 0.6) is 5.75 Å². The fourth-order valence-corrected chi connectivity index (χ4v) is 2.79. The van der Waals surface area contributed by atoms with Gasteiger partial charge < -0.3 is 9.64 Å². The standard InChI is InChI=1S/C11H14ClNO3S/c1-11(2)7-13(3)9-6-8(17(12,14)15)4-5-10(9)16-11/h4-6H,7H2,1-3H3. The number of anilines is 1. The Kier molecular flexibility index (Phi) is 2.78. The maximum atomic E-state index is 11.3. The molecule has 0 bridgehead atoms. The molecule has 0 saturated carbocycles. The van der Waals surface area contributed by atoms with Gasteiger partial charge in [0.25, 0.3) is 9.05 Å². The van der Waals surface area contributed by atoms with E-state index in [2.05, 4.69) is 0 Å². The molecule has 1 aromatic carbocycles. The Bertz CT molecular complexity index is 554. The molecule has 0 atom stereocenters. The van der Waals surface area contributed by atoms with Gasteiger partial charge in [-0.3, -0.25) is 0 Å². The number of ether oxygens (including phenoxy) is 1. The number of rotatable bonds is 1. The van der Waals surface area contributed by atoms with Crippen molar-refractivity contribution in [3.05, 3.63) is 18.2 Å². The third kappa shape index (κ3) is 2.50. The Hall–Kier alpha value is -0.940. The van der Waals surface area contributed by atoms with Gasteiger partial charge in [-0.2, -0.15) is 0 Å². The minimum Gasteiger partial charge on any atom is -0.484 e. The van der Waals surface area contributed by atoms with Gasteiger partial charge >= 0.3 is 0 Å². The molecular formula is C11H14ClNO3S. The summed E-state index contributed by atoms with van der Waals surface area (Å²) in [6.07, 6.45) is 0. The van der Waals surface area contributed by atoms with Gasteiger partial charge in [0.2, 0.25) is 0 Å². The second-order valence-electron chi connectivity index (χ2n) is 4.79. The van der Waals surface area contributed by atoms with Crippen molar-refractivity contribution in [1.82, 2.24) is 0 Å². The van der Waals surface area contributed by atoms with E-state index in [1.807, 2.05) is 25.8 Å². The van der Waals surface area contributed by atoms with Gasteiger partial charge in [0, 0.05) is 17.7 Å². The molecule has 1 aromatic rings. The monoisotopic (exact) mass is 275 g/mol. The Morgan fingerprint density at radius 2 is 2.06 bits per heavy atom. The highest BCUT2D eigenvalue weighted by atomic mass is 35.7. The van der Waals surface area contributed by atoms with Crippen LogP contribution in [0.3, 0.4) is 0 Å². The van der Waals surface area contributed by atoms with Gasteiger partial charge in [-0.05, 0) is 32.0 Å². The Morgan fingerprint density at radius 3 is 2.65 bits per heavy atom. The molecule has 0 aromatic heterocycles. The van der Waals surface area contributed by atoms with E-state index in [0.29, 0.717) is 12.3 Å². The zero-order valence-corrected chi connectivity index (χ0v) is 11.5. The van der Waals surface area contributed by atoms with Crippen LogP contribution in [-0.4, -0.2) is 27.6 Å². The van der Waals surface area contributed by atoms with E-state index in [1.165, 1.54) is 12.1 Å². The predicted molar refractivity (Wildman–Crippen MR) is 67.5 cm³/mol. The van der Waals surface area contributed by atoms with E-state index in [4.69, 9.17) is 15.4 Å². The number of nitrogens with zero attached hydrogens (tertiary/aromatic N) is 1. The van der Waals surface area contributed by atoms with Crippen molar-refractivity contribution in [3.8, 4) is 5.75 Å². The molecule has 0 fully saturated rings. The average molecular weight is 276 g/mol. The maximum absolute atomic E-state index is 11.3. The summed E-state index contributed by atoms with van der Waals surface area (Å²) in [4.78, 5) is 2.05. The molecule has 0 spiro atoms. The molecule has 1 heterocycles. The molecule has 0 unspecified atom stereocenters. The van der Waals surface area contributed by atoms with Crippen LogP contribution in [0, 0.1) is 0 Å². The summed E-state index contributed by atoms with van der Waals surface area (Å²) in [7, 11) is 3.52. The fraction of sp³-hybridized carbons (Fsp3) is 0.455. The van der Waals surface area contributed by atoms with E-state index in [9.17, 15) is 8.42 Å². The fourth-order valence-electron chi connectivity index (χ4n) is 2.02. The first-order chi connectivity index (χ1) is 7.69. The predicted octanol–water partition coefficient (Wildman–Crippen LogP) is 2.22. The van der Waals surface area contributed by atoms with Crippen LogP contribution in [-0.2, 0) is 9.05 Å². The molecule has 0 aliphatic carbocycles. The summed E-state index contributed by atoms with van der Waals surface area (Å²) in [6, 6.07) is 4.63. The lowest BCUT2D eigenvalue weighted by Gasteiger charge is -2.39. The smallest absolute Gasteiger partial charge is 0.261 e. The normalized spacial score (nSPS) is 18.5. The van der Waals surface area contributed by atoms with Gasteiger partial charge in [0.1, 0.15) is 11.4 Å².